The maximum atomic E-state index is 13.2. The number of hydrogen-bond donors (Lipinski definition) is 2. The number of piperazine rings is 2. The lowest BCUT2D eigenvalue weighted by molar-refractivity contribution is -0.131. The second-order valence-corrected chi connectivity index (χ2v) is 10.1. The van der Waals surface area contributed by atoms with Crippen molar-refractivity contribution >= 4 is 39.8 Å². The van der Waals surface area contributed by atoms with Gasteiger partial charge in [0.05, 0.1) is 23.7 Å². The minimum absolute atomic E-state index is 0.188. The third-order valence-electron chi connectivity index (χ3n) is 7.66. The molecule has 1 aromatic heterocycles. The minimum Gasteiger partial charge on any atom is -0.496 e. The second kappa shape index (κ2) is 11.4. The van der Waals surface area contributed by atoms with E-state index >= 15 is 0 Å². The number of rotatable bonds is 6. The summed E-state index contributed by atoms with van der Waals surface area (Å²) in [6.07, 6.45) is 0.529. The molecule has 2 aliphatic heterocycles. The van der Waals surface area contributed by atoms with Crippen molar-refractivity contribution in [2.45, 2.75) is 13.3 Å². The molecule has 10 nitrogen and oxygen atoms in total. The van der Waals surface area contributed by atoms with Crippen LogP contribution in [0.2, 0.25) is 0 Å². The van der Waals surface area contributed by atoms with Crippen molar-refractivity contribution in [1.29, 1.82) is 0 Å². The van der Waals surface area contributed by atoms with Gasteiger partial charge in [0.2, 0.25) is 5.91 Å². The number of ether oxygens (including phenoxy) is 1. The van der Waals surface area contributed by atoms with Gasteiger partial charge in [-0.25, -0.2) is 0 Å². The van der Waals surface area contributed by atoms with E-state index in [9.17, 15) is 14.4 Å². The Labute approximate surface area is 228 Å². The Balaban J connectivity index is 1.34. The first-order chi connectivity index (χ1) is 18.9. The van der Waals surface area contributed by atoms with E-state index in [0.717, 1.165) is 50.6 Å². The Morgan fingerprint density at radius 3 is 2.23 bits per heavy atom. The number of carbonyl (C=O) groups is 2. The molecule has 2 N–H and O–H groups in total. The average Bonchev–Trinajstić information content (AvgIpc) is 2.97. The number of nitrogens with one attached hydrogen (secondary N) is 2. The Morgan fingerprint density at radius 1 is 0.923 bits per heavy atom. The summed E-state index contributed by atoms with van der Waals surface area (Å²) >= 11 is 0. The highest BCUT2D eigenvalue weighted by Gasteiger charge is 2.22. The van der Waals surface area contributed by atoms with E-state index in [4.69, 9.17) is 4.74 Å². The molecule has 0 radical (unpaired) electrons. The number of fused-ring (bicyclic) bond motifs is 1. The molecule has 0 spiro atoms. The topological polar surface area (TPSA) is 101 Å². The summed E-state index contributed by atoms with van der Waals surface area (Å²) in [4.78, 5) is 50.2. The number of aromatic nitrogens is 1. The number of aromatic amines is 1. The summed E-state index contributed by atoms with van der Waals surface area (Å²) in [5.74, 6) is 0.278. The molecule has 2 aromatic carbocycles. The molecule has 0 saturated carbocycles. The number of amides is 2. The van der Waals surface area contributed by atoms with Gasteiger partial charge in [-0.3, -0.25) is 14.4 Å². The molecule has 3 heterocycles. The lowest BCUT2D eigenvalue weighted by Gasteiger charge is -2.36. The van der Waals surface area contributed by atoms with Crippen molar-refractivity contribution < 1.29 is 14.3 Å². The summed E-state index contributed by atoms with van der Waals surface area (Å²) in [5, 5.41) is 3.35. The SMILES string of the molecule is CCC(=O)N1CCN(c2ccc(NC(=O)c3cc(=O)c4c(OC)ccc(N5CCN(C)CC5)c4[nH]3)cc2)CC1. The van der Waals surface area contributed by atoms with Crippen molar-refractivity contribution in [1.82, 2.24) is 14.8 Å². The number of methoxy groups -OCH3 is 1. The fourth-order valence-corrected chi connectivity index (χ4v) is 5.31. The van der Waals surface area contributed by atoms with Gasteiger partial charge in [0.15, 0.2) is 5.43 Å². The van der Waals surface area contributed by atoms with E-state index in [-0.39, 0.29) is 22.9 Å². The van der Waals surface area contributed by atoms with Gasteiger partial charge >= 0.3 is 0 Å². The Hall–Kier alpha value is -4.05. The number of pyridine rings is 1. The highest BCUT2D eigenvalue weighted by molar-refractivity contribution is 6.05. The summed E-state index contributed by atoms with van der Waals surface area (Å²) in [6, 6.07) is 12.7. The summed E-state index contributed by atoms with van der Waals surface area (Å²) < 4.78 is 5.48. The van der Waals surface area contributed by atoms with E-state index in [1.807, 2.05) is 48.2 Å². The molecule has 5 rings (SSSR count). The molecule has 2 fully saturated rings. The van der Waals surface area contributed by atoms with Gasteiger partial charge < -0.3 is 34.6 Å². The van der Waals surface area contributed by atoms with Gasteiger partial charge in [0.1, 0.15) is 11.4 Å². The predicted octanol–water partition coefficient (Wildman–Crippen LogP) is 2.60. The molecule has 0 aliphatic carbocycles. The third kappa shape index (κ3) is 5.56. The third-order valence-corrected chi connectivity index (χ3v) is 7.66. The van der Waals surface area contributed by atoms with E-state index in [2.05, 4.69) is 32.0 Å². The molecule has 206 valence electrons. The quantitative estimate of drug-likeness (QED) is 0.503. The molecule has 39 heavy (non-hydrogen) atoms. The van der Waals surface area contributed by atoms with Crippen LogP contribution in [0.5, 0.6) is 5.75 Å². The van der Waals surface area contributed by atoms with Crippen LogP contribution in [0.1, 0.15) is 23.8 Å². The maximum Gasteiger partial charge on any atom is 0.272 e. The lowest BCUT2D eigenvalue weighted by atomic mass is 10.1. The van der Waals surface area contributed by atoms with Crippen LogP contribution in [-0.4, -0.2) is 93.1 Å². The molecule has 0 atom stereocenters. The standard InChI is InChI=1S/C29H36N6O4/c1-4-26(37)35-17-15-33(16-18-35)21-7-5-20(6-8-21)30-29(38)22-19-24(36)27-25(39-3)10-9-23(28(27)31-22)34-13-11-32(2)12-14-34/h5-10,19H,4,11-18H2,1-3H3,(H,30,38)(H,31,36). The molecular formula is C29H36N6O4. The highest BCUT2D eigenvalue weighted by atomic mass is 16.5. The van der Waals surface area contributed by atoms with Gasteiger partial charge in [-0.15, -0.1) is 0 Å². The van der Waals surface area contributed by atoms with E-state index in [1.54, 1.807) is 7.11 Å². The van der Waals surface area contributed by atoms with Crippen LogP contribution in [0.15, 0.2) is 47.3 Å². The first-order valence-corrected chi connectivity index (χ1v) is 13.5. The van der Waals surface area contributed by atoms with Gasteiger partial charge in [-0.05, 0) is 43.4 Å². The van der Waals surface area contributed by atoms with E-state index < -0.39 is 0 Å². The molecular weight excluding hydrogens is 496 g/mol. The van der Waals surface area contributed by atoms with Crippen LogP contribution in [0, 0.1) is 0 Å². The van der Waals surface area contributed by atoms with E-state index in [0.29, 0.717) is 41.9 Å². The van der Waals surface area contributed by atoms with Crippen molar-refractivity contribution in [2.24, 2.45) is 0 Å². The molecule has 10 heteroatoms. The van der Waals surface area contributed by atoms with Crippen LogP contribution < -0.4 is 25.3 Å². The number of H-pyrrole nitrogens is 1. The summed E-state index contributed by atoms with van der Waals surface area (Å²) in [5.41, 5.74) is 3.09. The smallest absolute Gasteiger partial charge is 0.272 e. The summed E-state index contributed by atoms with van der Waals surface area (Å²) in [6.45, 7) is 8.34. The van der Waals surface area contributed by atoms with Crippen molar-refractivity contribution in [2.75, 3.05) is 81.6 Å². The molecule has 0 bridgehead atoms. The van der Waals surface area contributed by atoms with Crippen molar-refractivity contribution in [3.05, 3.63) is 58.4 Å². The maximum absolute atomic E-state index is 13.2. The molecule has 2 amide bonds. The van der Waals surface area contributed by atoms with Crippen LogP contribution in [0.3, 0.4) is 0 Å². The number of anilines is 3. The van der Waals surface area contributed by atoms with Gasteiger partial charge in [0.25, 0.3) is 5.91 Å². The second-order valence-electron chi connectivity index (χ2n) is 10.1. The Kier molecular flexibility index (Phi) is 7.74. The van der Waals surface area contributed by atoms with Gasteiger partial charge in [0, 0.05) is 76.2 Å². The lowest BCUT2D eigenvalue weighted by Crippen LogP contribution is -2.48. The number of nitrogens with zero attached hydrogens (tertiary/aromatic N) is 4. The molecule has 3 aromatic rings. The number of hydrogen-bond acceptors (Lipinski definition) is 7. The first kappa shape index (κ1) is 26.6. The van der Waals surface area contributed by atoms with Crippen LogP contribution in [0.4, 0.5) is 17.1 Å². The van der Waals surface area contributed by atoms with Crippen molar-refractivity contribution in [3.8, 4) is 5.75 Å². The van der Waals surface area contributed by atoms with Crippen LogP contribution in [0.25, 0.3) is 10.9 Å². The Bertz CT molecular complexity index is 1400. The normalized spacial score (nSPS) is 16.4. The number of carbonyl (C=O) groups excluding carboxylic acids is 2. The molecule has 2 saturated heterocycles. The zero-order valence-corrected chi connectivity index (χ0v) is 22.8. The summed E-state index contributed by atoms with van der Waals surface area (Å²) in [7, 11) is 3.63. The van der Waals surface area contributed by atoms with Crippen LogP contribution in [-0.2, 0) is 4.79 Å². The zero-order chi connectivity index (χ0) is 27.5. The first-order valence-electron chi connectivity index (χ1n) is 13.5. The van der Waals surface area contributed by atoms with Crippen molar-refractivity contribution in [3.63, 3.8) is 0 Å². The fraction of sp³-hybridized carbons (Fsp3) is 0.414. The zero-order valence-electron chi connectivity index (χ0n) is 22.8. The van der Waals surface area contributed by atoms with E-state index in [1.165, 1.54) is 6.07 Å². The monoisotopic (exact) mass is 532 g/mol. The number of benzene rings is 2. The highest BCUT2D eigenvalue weighted by Crippen LogP contribution is 2.31. The van der Waals surface area contributed by atoms with Crippen LogP contribution >= 0.6 is 0 Å². The average molecular weight is 533 g/mol. The van der Waals surface area contributed by atoms with Gasteiger partial charge in [-0.2, -0.15) is 0 Å². The van der Waals surface area contributed by atoms with Gasteiger partial charge in [-0.1, -0.05) is 6.92 Å². The largest absolute Gasteiger partial charge is 0.496 e. The minimum atomic E-state index is -0.388. The predicted molar refractivity (Wildman–Crippen MR) is 154 cm³/mol. The molecule has 2 aliphatic rings. The molecule has 0 unspecified atom stereocenters. The number of likely N-dealkylation sites (N-methyl/N-ethyl adjacent to an activating group) is 1. The fourth-order valence-electron chi connectivity index (χ4n) is 5.31. The Morgan fingerprint density at radius 2 is 1.59 bits per heavy atom.